The molecule has 0 aliphatic carbocycles. The van der Waals surface area contributed by atoms with Crippen molar-refractivity contribution in [1.29, 1.82) is 0 Å². The van der Waals surface area contributed by atoms with Crippen LogP contribution in [-0.4, -0.2) is 56.4 Å². The van der Waals surface area contributed by atoms with Gasteiger partial charge in [-0.25, -0.2) is 0 Å². The predicted molar refractivity (Wildman–Crippen MR) is 96.2 cm³/mol. The molecule has 0 radical (unpaired) electrons. The molecule has 138 valence electrons. The van der Waals surface area contributed by atoms with Crippen LogP contribution in [0.1, 0.15) is 19.8 Å². The summed E-state index contributed by atoms with van der Waals surface area (Å²) in [4.78, 5) is 27.0. The van der Waals surface area contributed by atoms with Crippen LogP contribution < -0.4 is 9.47 Å². The van der Waals surface area contributed by atoms with Gasteiger partial charge >= 0.3 is 5.97 Å². The average molecular weight is 367 g/mol. The van der Waals surface area contributed by atoms with Gasteiger partial charge in [0.15, 0.2) is 11.5 Å². The van der Waals surface area contributed by atoms with Gasteiger partial charge in [-0.3, -0.25) is 9.59 Å². The third-order valence-electron chi connectivity index (χ3n) is 4.36. The Hall–Kier alpha value is -1.89. The molecular weight excluding hydrogens is 342 g/mol. The molecule has 25 heavy (non-hydrogen) atoms. The number of piperidine rings is 1. The fourth-order valence-corrected chi connectivity index (χ4v) is 3.88. The van der Waals surface area contributed by atoms with E-state index >= 15 is 0 Å². The minimum Gasteiger partial charge on any atom is -0.493 e. The number of nitrogens with zero attached hydrogens (tertiary/aromatic N) is 1. The van der Waals surface area contributed by atoms with E-state index in [1.54, 1.807) is 14.2 Å². The van der Waals surface area contributed by atoms with E-state index in [0.29, 0.717) is 37.4 Å². The van der Waals surface area contributed by atoms with E-state index in [0.717, 1.165) is 4.90 Å². The van der Waals surface area contributed by atoms with Crippen molar-refractivity contribution in [2.75, 3.05) is 34.4 Å². The summed E-state index contributed by atoms with van der Waals surface area (Å²) in [6, 6.07) is 5.62. The highest BCUT2D eigenvalue weighted by atomic mass is 32.2. The largest absolute Gasteiger partial charge is 0.493 e. The summed E-state index contributed by atoms with van der Waals surface area (Å²) >= 11 is 1.49. The maximum atomic E-state index is 12.7. The van der Waals surface area contributed by atoms with Crippen LogP contribution in [0.5, 0.6) is 11.5 Å². The van der Waals surface area contributed by atoms with Gasteiger partial charge in [0.1, 0.15) is 0 Å². The summed E-state index contributed by atoms with van der Waals surface area (Å²) in [5, 5.41) is -0.215. The Bertz CT molecular complexity index is 613. The Morgan fingerprint density at radius 3 is 2.32 bits per heavy atom. The van der Waals surface area contributed by atoms with Gasteiger partial charge in [0.25, 0.3) is 0 Å². The van der Waals surface area contributed by atoms with Crippen LogP contribution in [0.15, 0.2) is 23.1 Å². The van der Waals surface area contributed by atoms with Gasteiger partial charge in [-0.15, -0.1) is 11.8 Å². The standard InChI is InChI=1S/C18H25NO5S/c1-12(25-14-5-6-15(22-2)16(11-14)23-3)17(20)19-9-7-13(8-10-19)18(21)24-4/h5-6,11-13H,7-10H2,1-4H3/t12-/m1/s1. The number of thioether (sulfide) groups is 1. The van der Waals surface area contributed by atoms with Gasteiger partial charge in [-0.05, 0) is 38.0 Å². The van der Waals surface area contributed by atoms with Crippen molar-refractivity contribution in [3.8, 4) is 11.5 Å². The third kappa shape index (κ3) is 4.81. The Labute approximate surface area is 152 Å². The maximum Gasteiger partial charge on any atom is 0.308 e. The van der Waals surface area contributed by atoms with E-state index in [9.17, 15) is 9.59 Å². The Morgan fingerprint density at radius 2 is 1.76 bits per heavy atom. The predicted octanol–water partition coefficient (Wildman–Crippen LogP) is 2.60. The highest BCUT2D eigenvalue weighted by molar-refractivity contribution is 8.00. The zero-order chi connectivity index (χ0) is 18.4. The second-order valence-corrected chi connectivity index (χ2v) is 7.31. The lowest BCUT2D eigenvalue weighted by molar-refractivity contribution is -0.148. The molecule has 1 aliphatic rings. The van der Waals surface area contributed by atoms with Gasteiger partial charge in [0.2, 0.25) is 5.91 Å². The minimum absolute atomic E-state index is 0.0862. The highest BCUT2D eigenvalue weighted by Gasteiger charge is 2.30. The molecule has 0 N–H and O–H groups in total. The molecule has 1 fully saturated rings. The lowest BCUT2D eigenvalue weighted by Gasteiger charge is -2.32. The number of esters is 1. The normalized spacial score (nSPS) is 16.2. The molecule has 0 saturated carbocycles. The van der Waals surface area contributed by atoms with Crippen molar-refractivity contribution >= 4 is 23.6 Å². The van der Waals surface area contributed by atoms with E-state index < -0.39 is 0 Å². The van der Waals surface area contributed by atoms with Crippen LogP contribution in [0, 0.1) is 5.92 Å². The first kappa shape index (κ1) is 19.4. The Morgan fingerprint density at radius 1 is 1.12 bits per heavy atom. The number of methoxy groups -OCH3 is 3. The first-order chi connectivity index (χ1) is 12.0. The van der Waals surface area contributed by atoms with E-state index in [-0.39, 0.29) is 23.0 Å². The van der Waals surface area contributed by atoms with Gasteiger partial charge < -0.3 is 19.1 Å². The maximum absolute atomic E-state index is 12.7. The van der Waals surface area contributed by atoms with Gasteiger partial charge in [0.05, 0.1) is 32.5 Å². The Balaban J connectivity index is 1.94. The zero-order valence-corrected chi connectivity index (χ0v) is 15.9. The SMILES string of the molecule is COC(=O)C1CCN(C(=O)[C@@H](C)Sc2ccc(OC)c(OC)c2)CC1. The first-order valence-corrected chi connectivity index (χ1v) is 9.13. The van der Waals surface area contributed by atoms with Crippen molar-refractivity contribution in [3.05, 3.63) is 18.2 Å². The van der Waals surface area contributed by atoms with Crippen LogP contribution >= 0.6 is 11.8 Å². The summed E-state index contributed by atoms with van der Waals surface area (Å²) in [6.45, 7) is 3.08. The van der Waals surface area contributed by atoms with Crippen LogP contribution in [0.3, 0.4) is 0 Å². The van der Waals surface area contributed by atoms with Crippen molar-refractivity contribution in [1.82, 2.24) is 4.90 Å². The van der Waals surface area contributed by atoms with E-state index in [4.69, 9.17) is 14.2 Å². The van der Waals surface area contributed by atoms with Crippen molar-refractivity contribution in [2.24, 2.45) is 5.92 Å². The molecule has 1 amide bonds. The molecule has 1 aromatic carbocycles. The molecule has 0 bridgehead atoms. The van der Waals surface area contributed by atoms with Gasteiger partial charge in [0, 0.05) is 18.0 Å². The fourth-order valence-electron chi connectivity index (χ4n) is 2.90. The molecule has 2 rings (SSSR count). The number of hydrogen-bond acceptors (Lipinski definition) is 6. The lowest BCUT2D eigenvalue weighted by Crippen LogP contribution is -2.43. The summed E-state index contributed by atoms with van der Waals surface area (Å²) < 4.78 is 15.3. The molecule has 1 heterocycles. The van der Waals surface area contributed by atoms with E-state index in [2.05, 4.69) is 0 Å². The quantitative estimate of drug-likeness (QED) is 0.569. The monoisotopic (exact) mass is 367 g/mol. The highest BCUT2D eigenvalue weighted by Crippen LogP contribution is 2.34. The second kappa shape index (κ2) is 8.99. The molecule has 0 spiro atoms. The minimum atomic E-state index is -0.215. The number of carbonyl (C=O) groups excluding carboxylic acids is 2. The molecule has 1 saturated heterocycles. The molecule has 1 atom stereocenters. The van der Waals surface area contributed by atoms with Crippen LogP contribution in [0.4, 0.5) is 0 Å². The average Bonchev–Trinajstić information content (AvgIpc) is 2.66. The number of rotatable bonds is 6. The zero-order valence-electron chi connectivity index (χ0n) is 15.1. The fraction of sp³-hybridized carbons (Fsp3) is 0.556. The summed E-state index contributed by atoms with van der Waals surface area (Å²) in [5.74, 6) is 1.12. The summed E-state index contributed by atoms with van der Waals surface area (Å²) in [5.41, 5.74) is 0. The molecule has 1 aromatic rings. The second-order valence-electron chi connectivity index (χ2n) is 5.90. The molecule has 0 aromatic heterocycles. The molecule has 7 heteroatoms. The molecular formula is C18H25NO5S. The van der Waals surface area contributed by atoms with Gasteiger partial charge in [-0.1, -0.05) is 0 Å². The van der Waals surface area contributed by atoms with Crippen LogP contribution in [-0.2, 0) is 14.3 Å². The number of likely N-dealkylation sites (tertiary alicyclic amines) is 1. The smallest absolute Gasteiger partial charge is 0.308 e. The Kier molecular flexibility index (Phi) is 6.99. The first-order valence-electron chi connectivity index (χ1n) is 8.25. The summed E-state index contributed by atoms with van der Waals surface area (Å²) in [6.07, 6.45) is 1.32. The van der Waals surface area contributed by atoms with E-state index in [1.807, 2.05) is 30.0 Å². The van der Waals surface area contributed by atoms with Crippen LogP contribution in [0.2, 0.25) is 0 Å². The van der Waals surface area contributed by atoms with Crippen molar-refractivity contribution in [3.63, 3.8) is 0 Å². The van der Waals surface area contributed by atoms with Crippen molar-refractivity contribution in [2.45, 2.75) is 29.9 Å². The van der Waals surface area contributed by atoms with Crippen LogP contribution in [0.25, 0.3) is 0 Å². The molecule has 6 nitrogen and oxygen atoms in total. The molecule has 0 unspecified atom stereocenters. The topological polar surface area (TPSA) is 65.1 Å². The number of amides is 1. The van der Waals surface area contributed by atoms with E-state index in [1.165, 1.54) is 18.9 Å². The van der Waals surface area contributed by atoms with Crippen molar-refractivity contribution < 1.29 is 23.8 Å². The third-order valence-corrected chi connectivity index (χ3v) is 5.44. The lowest BCUT2D eigenvalue weighted by atomic mass is 9.97. The number of benzene rings is 1. The van der Waals surface area contributed by atoms with Gasteiger partial charge in [-0.2, -0.15) is 0 Å². The number of hydrogen-bond donors (Lipinski definition) is 0. The number of ether oxygens (including phenoxy) is 3. The molecule has 1 aliphatic heterocycles. The summed E-state index contributed by atoms with van der Waals surface area (Å²) in [7, 11) is 4.59. The number of carbonyl (C=O) groups is 2.